The number of hydrogen-bond acceptors (Lipinski definition) is 14. The average Bonchev–Trinajstić information content (AvgIpc) is 1.61. The molecule has 16 nitrogen and oxygen atoms in total. The van der Waals surface area contributed by atoms with Crippen molar-refractivity contribution in [2.24, 2.45) is 10.9 Å². The summed E-state index contributed by atoms with van der Waals surface area (Å²) >= 11 is 0. The van der Waals surface area contributed by atoms with E-state index < -0.39 is 108 Å². The molecule has 140 heavy (non-hydrogen) atoms. The van der Waals surface area contributed by atoms with Crippen LogP contribution >= 0.6 is 0 Å². The quantitative estimate of drug-likeness (QED) is 0.0351. The Labute approximate surface area is 947 Å². The van der Waals surface area contributed by atoms with Crippen molar-refractivity contribution in [3.05, 3.63) is 504 Å². The monoisotopic (exact) mass is 2620 g/mol. The van der Waals surface area contributed by atoms with Gasteiger partial charge in [-0.3, -0.25) is 22.3 Å². The third kappa shape index (κ3) is 39.6. The Bertz CT molecular complexity index is 8260. The van der Waals surface area contributed by atoms with Crippen molar-refractivity contribution in [2.75, 3.05) is 6.52 Å². The molecule has 0 bridgehead atoms. The topological polar surface area (TPSA) is 213 Å². The van der Waals surface area contributed by atoms with Crippen LogP contribution in [0.15, 0.2) is 394 Å². The summed E-state index contributed by atoms with van der Waals surface area (Å²) in [7, 11) is -7.08. The molecule has 4 atom stereocenters. The second-order valence-electron chi connectivity index (χ2n) is 27.3. The Hall–Kier alpha value is -13.7. The fourth-order valence-corrected chi connectivity index (χ4v) is 11.6. The van der Waals surface area contributed by atoms with Crippen molar-refractivity contribution >= 4 is 106 Å². The van der Waals surface area contributed by atoms with E-state index in [1.54, 1.807) is 97.6 Å². The number of fused-ring (bicyclic) bond motifs is 10. The summed E-state index contributed by atoms with van der Waals surface area (Å²) in [6, 6.07) is 71.1. The Morgan fingerprint density at radius 3 is 1.75 bits per heavy atom. The van der Waals surface area contributed by atoms with Gasteiger partial charge in [-0.1, -0.05) is 169 Å². The number of hydrogen-bond donors (Lipinski definition) is 0. The maximum Gasteiger partial charge on any atom is 3.00 e. The summed E-state index contributed by atoms with van der Waals surface area (Å²) in [5, 5.41) is 17.8. The summed E-state index contributed by atoms with van der Waals surface area (Å²) in [5.74, 6) is -0.0747. The standard InChI is InChI=1S/C18H15N2O.C17H15N2O.C17H14N2O.C12H8NO.C12H14N.C12H13N.C11H12N.C6H5.2C5H5N.5CH4.4Ir.H2/c1-11(2)10-19-13(4)14-6-5-7-15-16-9-8-12(3)20-18(16)21-17(14)15;1-4-13-14-9-8-11(2)19-17(14)20-16(13)12(3)15-7-5-6-10-18-15;1-4-10-18-12(3)13-6-5-7-14-15-9-8-11(2)19-17(15)20-16(13)14;1-8-6-7-10-9-4-2-3-5-11(9)14-12(10)13-8;1-4-5-6-11(3)12-9-10(2)7-8-13-12;1-3-10(2)9-12(13)11-7-5-4-6-8-11;1-3-4-7-10(2)11-8-5-6-9-12-11;3*1-2-4-6-5-3-1;;;;;;;;;;/h5,7-10H,1,4H2,2-3H3;3-10,13,16H,1H2,2H3;4-5,7-9H,1,3,10H2,2H3;2,4-7H,1H3;4,6-9H,1,3,5H2,2H3;3-7,10H,1,9H2,2H3;3,5-9H,1-2,4H2;3*1-5H;5*1H4;;;;;1H/q2*-1;-2;2*-1;-2;2*-1;;;;;;;;;;2*+3;/i1D,2D3,3D3,4D;2D3,5D,6D,7D,10D;1D,2D3,3D,4D,10D;1D3;;;;;1D,2D,5D;;5*1D3;;;;;1+1. The minimum Gasteiger partial charge on any atom is -0.859 e. The molecule has 20 heteroatoms. The molecule has 18 rings (SSSR count). The fraction of sp³-hybridized carbons (Fsp3) is 0.158. The molecule has 0 aliphatic carbocycles. The van der Waals surface area contributed by atoms with Gasteiger partial charge < -0.3 is 48.7 Å². The Kier molecular flexibility index (Phi) is 34.2. The number of aromatic nitrogens is 9. The first-order valence-corrected chi connectivity index (χ1v) is 39.9. The molecule has 1 aliphatic rings. The zero-order valence-electron chi connectivity index (χ0n) is 119. The molecule has 0 amide bonds. The summed E-state index contributed by atoms with van der Waals surface area (Å²) in [5.41, 5.74) is 8.63. The average molecular weight is 2620 g/mol. The number of rotatable bonds is 22. The van der Waals surface area contributed by atoms with Gasteiger partial charge in [-0.2, -0.15) is 109 Å². The maximum atomic E-state index is 9.66. The van der Waals surface area contributed by atoms with E-state index in [2.05, 4.69) is 125 Å². The summed E-state index contributed by atoms with van der Waals surface area (Å²) in [6.07, 6.45) is 21.4. The molecule has 5 aromatic carbocycles. The van der Waals surface area contributed by atoms with Crippen LogP contribution in [0.4, 0.5) is 0 Å². The van der Waals surface area contributed by atoms with Gasteiger partial charge in [-0.15, -0.1) is 136 Å². The second kappa shape index (κ2) is 68.3. The molecular formula is C120H128Ir4N12O4-4. The first kappa shape index (κ1) is 70.0. The number of aryl methyl sites for hydroxylation is 5. The Balaban J connectivity index is 0. The number of aliphatic imine (C=N–C) groups is 1. The van der Waals surface area contributed by atoms with Crippen molar-refractivity contribution in [1.29, 1.82) is 0 Å². The fourth-order valence-electron chi connectivity index (χ4n) is 11.6. The van der Waals surface area contributed by atoms with Crippen LogP contribution in [0, 0.1) is 90.0 Å². The third-order valence-corrected chi connectivity index (χ3v) is 17.9. The van der Waals surface area contributed by atoms with Gasteiger partial charge in [0.05, 0.1) is 17.9 Å². The molecule has 12 aromatic heterocycles. The minimum absolute atomic E-state index is 0. The van der Waals surface area contributed by atoms with Crippen LogP contribution in [-0.2, 0) is 80.4 Å². The van der Waals surface area contributed by atoms with Gasteiger partial charge in [-0.25, -0.2) is 25.6 Å². The first-order chi connectivity index (χ1) is 84.1. The molecular weight excluding hydrogens is 2440 g/mol. The van der Waals surface area contributed by atoms with Crippen LogP contribution < -0.4 is 4.74 Å². The number of furan rings is 3. The number of ether oxygens (including phenoxy) is 1. The van der Waals surface area contributed by atoms with Gasteiger partial charge in [0.25, 0.3) is 0 Å². The van der Waals surface area contributed by atoms with E-state index in [9.17, 15) is 5.41 Å². The molecule has 0 N–H and O–H groups in total. The molecule has 13 heterocycles. The predicted octanol–water partition coefficient (Wildman–Crippen LogP) is 31.9. The third-order valence-electron chi connectivity index (χ3n) is 17.9. The van der Waals surface area contributed by atoms with Gasteiger partial charge in [-0.05, 0) is 155 Å². The molecule has 0 spiro atoms. The van der Waals surface area contributed by atoms with Crippen molar-refractivity contribution in [2.45, 2.75) is 116 Å². The van der Waals surface area contributed by atoms with E-state index in [1.807, 2.05) is 148 Å². The number of nitrogens with zero attached hydrogens (tertiary/aromatic N) is 12. The minimum atomic E-state index is -2.51. The van der Waals surface area contributed by atoms with Crippen LogP contribution in [0.1, 0.15) is 204 Å². The Morgan fingerprint density at radius 2 is 1.21 bits per heavy atom. The maximum absolute atomic E-state index is 9.66. The molecule has 0 saturated carbocycles. The van der Waals surface area contributed by atoms with E-state index in [0.29, 0.717) is 86.3 Å². The largest absolute Gasteiger partial charge is 3.00 e. The van der Waals surface area contributed by atoms with Gasteiger partial charge in [0.1, 0.15) is 6.10 Å². The van der Waals surface area contributed by atoms with E-state index in [4.69, 9.17) is 83.5 Å². The van der Waals surface area contributed by atoms with Gasteiger partial charge >= 0.3 is 40.2 Å². The molecule has 17 aromatic rings. The molecule has 0 fully saturated rings. The van der Waals surface area contributed by atoms with Crippen molar-refractivity contribution in [3.63, 3.8) is 0 Å². The van der Waals surface area contributed by atoms with Crippen LogP contribution in [0.2, 0.25) is 0 Å². The van der Waals surface area contributed by atoms with Crippen LogP contribution in [0.25, 0.3) is 105 Å². The molecule has 0 saturated heterocycles. The zero-order valence-corrected chi connectivity index (χ0v) is 85.3. The van der Waals surface area contributed by atoms with E-state index in [1.165, 1.54) is 42.1 Å². The van der Waals surface area contributed by atoms with Crippen molar-refractivity contribution < 1.29 is 159 Å². The van der Waals surface area contributed by atoms with Gasteiger partial charge in [0.2, 0.25) is 23.0 Å². The Morgan fingerprint density at radius 1 is 0.614 bits per heavy atom. The summed E-state index contributed by atoms with van der Waals surface area (Å²) < 4.78 is 320. The number of benzene rings is 5. The van der Waals surface area contributed by atoms with E-state index in [-0.39, 0.29) is 186 Å². The number of pyridine rings is 9. The van der Waals surface area contributed by atoms with Crippen molar-refractivity contribution in [1.82, 2.24) is 44.9 Å². The van der Waals surface area contributed by atoms with Crippen LogP contribution in [-0.4, -0.2) is 69.4 Å². The molecule has 1 aliphatic heterocycles. The summed E-state index contributed by atoms with van der Waals surface area (Å²) in [6.45, 7) is 22.8. The molecule has 4 unspecified atom stereocenters. The molecule has 732 valence electrons. The summed E-state index contributed by atoms with van der Waals surface area (Å²) in [4.78, 5) is 39.8. The van der Waals surface area contributed by atoms with Gasteiger partial charge in [0.15, 0.2) is 0 Å². The first-order valence-electron chi connectivity index (χ1n) is 63.0. The van der Waals surface area contributed by atoms with E-state index >= 15 is 0 Å². The van der Waals surface area contributed by atoms with Gasteiger partial charge in [0, 0.05) is 199 Å². The second-order valence-corrected chi connectivity index (χ2v) is 27.3. The van der Waals surface area contributed by atoms with E-state index in [0.717, 1.165) is 71.0 Å². The SMILES string of the molecule is C=CC(C)CC(=[N-])c1[c-]cccc1.C=CC[CH-]C(=C)c1cc(C)ccn1.C=CC[CH-]C(=C)c1ccccn1.[2HH].[2H]C([2H])([2H])c1ccc2c(n1)oc1c[c-]ccc12.[2H]C([2H])[2H].[2H]C([2H])[2H].[2H]C([2H])[2H].[2H]C([2H])[2H].[2H]C([2H])[2H].[2H]C=C(N=CC(=C[2H])C([2H])([2H])[2H])c1[c-]ccc2c1oc1nc(C([2H])([2H])[2H])ccc12.[2H]C=C([N-]C([2H])C([2H])=C[2H])c1[c-]ccc2c1oc1nc(C([2H])([2H])[2H])ccc12.[2H]c1cc([2H])c([2H])cn1.[2H]c1nc(C(=[CH-])C2Oc3nc(C([2H])([2H])[2H])ccc3C2C=C)c([2H])c([2H])c1[2H].[Ir+3].[Ir+3].[Ir].[Ir].[c-]1ccccc1.c1ccncc1. The number of allylic oxidation sites excluding steroid dienone is 6. The normalized spacial score (nSPS) is 16.6. The molecule has 2 radical (unpaired) electrons. The van der Waals surface area contributed by atoms with Crippen LogP contribution in [0.3, 0.4) is 0 Å². The van der Waals surface area contributed by atoms with Crippen LogP contribution in [0.5, 0.6) is 5.88 Å². The predicted molar refractivity (Wildman–Crippen MR) is 579 cm³/mol. The smallest absolute Gasteiger partial charge is 0.859 e. The van der Waals surface area contributed by atoms with Crippen molar-refractivity contribution in [3.8, 4) is 5.88 Å². The zero-order chi connectivity index (χ0) is 135.